The molecule has 0 bridgehead atoms. The van der Waals surface area contributed by atoms with Crippen molar-refractivity contribution in [2.45, 2.75) is 6.04 Å². The van der Waals surface area contributed by atoms with E-state index in [0.29, 0.717) is 44.6 Å². The second kappa shape index (κ2) is 7.20. The largest absolute Gasteiger partial charge is 0.459 e. The maximum Gasteiger partial charge on any atom is 0.290 e. The van der Waals surface area contributed by atoms with Gasteiger partial charge < -0.3 is 23.7 Å². The second-order valence-electron chi connectivity index (χ2n) is 5.94. The molecule has 0 radical (unpaired) electrons. The quantitative estimate of drug-likeness (QED) is 0.825. The summed E-state index contributed by atoms with van der Waals surface area (Å²) in [5.74, 6) is 1.59. The molecular weight excluding hydrogens is 324 g/mol. The predicted molar refractivity (Wildman–Crippen MR) is 88.4 cm³/mol. The Bertz CT molecular complexity index is 715. The molecule has 2 aromatic heterocycles. The van der Waals surface area contributed by atoms with Crippen molar-refractivity contribution >= 4 is 11.7 Å². The van der Waals surface area contributed by atoms with E-state index in [2.05, 4.69) is 14.9 Å². The van der Waals surface area contributed by atoms with Crippen molar-refractivity contribution in [3.63, 3.8) is 0 Å². The lowest BCUT2D eigenvalue weighted by Gasteiger charge is -2.34. The number of morpholine rings is 2. The van der Waals surface area contributed by atoms with Gasteiger partial charge in [0, 0.05) is 25.8 Å². The van der Waals surface area contributed by atoms with Crippen LogP contribution in [-0.2, 0) is 9.47 Å². The Labute approximate surface area is 145 Å². The first kappa shape index (κ1) is 16.0. The number of aromatic nitrogens is 2. The van der Waals surface area contributed by atoms with Crippen LogP contribution >= 0.6 is 0 Å². The molecule has 2 aliphatic rings. The van der Waals surface area contributed by atoms with Crippen LogP contribution in [0.4, 0.5) is 5.82 Å². The minimum atomic E-state index is -0.327. The number of hydrogen-bond donors (Lipinski definition) is 0. The van der Waals surface area contributed by atoms with Crippen LogP contribution in [0.15, 0.2) is 35.1 Å². The standard InChI is InChI=1S/C17H20N4O4/c22-17(14-2-1-8-25-14)21-7-11-24-12-13(21)16-18-4-3-15(19-16)20-5-9-23-10-6-20/h1-4,8,13H,5-7,9-12H2/t13-/m1/s1. The summed E-state index contributed by atoms with van der Waals surface area (Å²) in [6, 6.07) is 4.93. The van der Waals surface area contributed by atoms with Crippen LogP contribution in [0.3, 0.4) is 0 Å². The molecule has 4 heterocycles. The summed E-state index contributed by atoms with van der Waals surface area (Å²) < 4.78 is 16.2. The molecule has 132 valence electrons. The molecular formula is C17H20N4O4. The fourth-order valence-corrected chi connectivity index (χ4v) is 3.10. The van der Waals surface area contributed by atoms with Gasteiger partial charge in [0.1, 0.15) is 11.9 Å². The Morgan fingerprint density at radius 1 is 1.12 bits per heavy atom. The van der Waals surface area contributed by atoms with Crippen LogP contribution in [-0.4, -0.2) is 66.8 Å². The smallest absolute Gasteiger partial charge is 0.290 e. The summed E-state index contributed by atoms with van der Waals surface area (Å²) in [6.07, 6.45) is 3.23. The van der Waals surface area contributed by atoms with Crippen molar-refractivity contribution in [3.8, 4) is 0 Å². The van der Waals surface area contributed by atoms with Gasteiger partial charge in [0.2, 0.25) is 0 Å². The van der Waals surface area contributed by atoms with Crippen LogP contribution in [0.1, 0.15) is 22.4 Å². The Balaban J connectivity index is 1.59. The lowest BCUT2D eigenvalue weighted by Crippen LogP contribution is -2.44. The third kappa shape index (κ3) is 3.35. The molecule has 8 nitrogen and oxygen atoms in total. The molecule has 8 heteroatoms. The van der Waals surface area contributed by atoms with E-state index < -0.39 is 0 Å². The highest BCUT2D eigenvalue weighted by molar-refractivity contribution is 5.91. The number of ether oxygens (including phenoxy) is 2. The molecule has 25 heavy (non-hydrogen) atoms. The van der Waals surface area contributed by atoms with E-state index in [4.69, 9.17) is 13.9 Å². The van der Waals surface area contributed by atoms with Gasteiger partial charge in [-0.2, -0.15) is 0 Å². The van der Waals surface area contributed by atoms with E-state index in [0.717, 1.165) is 18.9 Å². The number of amides is 1. The summed E-state index contributed by atoms with van der Waals surface area (Å²) in [6.45, 7) is 4.32. The molecule has 0 saturated carbocycles. The van der Waals surface area contributed by atoms with Gasteiger partial charge in [-0.3, -0.25) is 4.79 Å². The minimum absolute atomic E-state index is 0.168. The lowest BCUT2D eigenvalue weighted by molar-refractivity contribution is -0.00674. The Morgan fingerprint density at radius 3 is 2.76 bits per heavy atom. The minimum Gasteiger partial charge on any atom is -0.459 e. The highest BCUT2D eigenvalue weighted by Gasteiger charge is 2.32. The Kier molecular flexibility index (Phi) is 4.62. The topological polar surface area (TPSA) is 80.9 Å². The van der Waals surface area contributed by atoms with E-state index >= 15 is 0 Å². The number of carbonyl (C=O) groups excluding carboxylic acids is 1. The fraction of sp³-hybridized carbons (Fsp3) is 0.471. The van der Waals surface area contributed by atoms with Crippen molar-refractivity contribution in [1.29, 1.82) is 0 Å². The number of anilines is 1. The van der Waals surface area contributed by atoms with Crippen molar-refractivity contribution in [2.24, 2.45) is 0 Å². The van der Waals surface area contributed by atoms with Crippen LogP contribution in [0, 0.1) is 0 Å². The van der Waals surface area contributed by atoms with Crippen LogP contribution < -0.4 is 4.90 Å². The highest BCUT2D eigenvalue weighted by atomic mass is 16.5. The van der Waals surface area contributed by atoms with Gasteiger partial charge >= 0.3 is 0 Å². The number of nitrogens with zero attached hydrogens (tertiary/aromatic N) is 4. The molecule has 1 atom stereocenters. The average molecular weight is 344 g/mol. The maximum atomic E-state index is 12.7. The van der Waals surface area contributed by atoms with Gasteiger partial charge in [-0.25, -0.2) is 9.97 Å². The number of hydrogen-bond acceptors (Lipinski definition) is 7. The van der Waals surface area contributed by atoms with Crippen molar-refractivity contribution in [1.82, 2.24) is 14.9 Å². The Morgan fingerprint density at radius 2 is 1.96 bits per heavy atom. The lowest BCUT2D eigenvalue weighted by atomic mass is 10.2. The molecule has 0 aliphatic carbocycles. The van der Waals surface area contributed by atoms with Crippen molar-refractivity contribution < 1.29 is 18.7 Å². The predicted octanol–water partition coefficient (Wildman–Crippen LogP) is 1.12. The highest BCUT2D eigenvalue weighted by Crippen LogP contribution is 2.25. The molecule has 0 N–H and O–H groups in total. The van der Waals surface area contributed by atoms with Crippen LogP contribution in [0.5, 0.6) is 0 Å². The molecule has 1 amide bonds. The molecule has 2 aliphatic heterocycles. The SMILES string of the molecule is O=C(c1ccco1)N1CCOC[C@@H]1c1nccc(N2CCOCC2)n1. The van der Waals surface area contributed by atoms with E-state index in [-0.39, 0.29) is 11.9 Å². The van der Waals surface area contributed by atoms with E-state index in [9.17, 15) is 4.79 Å². The first-order valence-corrected chi connectivity index (χ1v) is 8.41. The van der Waals surface area contributed by atoms with Crippen molar-refractivity contribution in [2.75, 3.05) is 51.0 Å². The van der Waals surface area contributed by atoms with Gasteiger partial charge in [-0.15, -0.1) is 0 Å². The zero-order valence-corrected chi connectivity index (χ0v) is 13.8. The summed E-state index contributed by atoms with van der Waals surface area (Å²) in [5, 5.41) is 0. The normalized spacial score (nSPS) is 21.4. The zero-order chi connectivity index (χ0) is 17.1. The first-order chi connectivity index (χ1) is 12.3. The third-order valence-corrected chi connectivity index (χ3v) is 4.41. The summed E-state index contributed by atoms with van der Waals surface area (Å²) >= 11 is 0. The van der Waals surface area contributed by atoms with Crippen LogP contribution in [0.2, 0.25) is 0 Å². The monoisotopic (exact) mass is 344 g/mol. The maximum absolute atomic E-state index is 12.7. The van der Waals surface area contributed by atoms with E-state index in [1.54, 1.807) is 23.2 Å². The summed E-state index contributed by atoms with van der Waals surface area (Å²) in [4.78, 5) is 25.7. The third-order valence-electron chi connectivity index (χ3n) is 4.41. The number of furan rings is 1. The van der Waals surface area contributed by atoms with Gasteiger partial charge in [0.25, 0.3) is 5.91 Å². The Hall–Kier alpha value is -2.45. The molecule has 0 unspecified atom stereocenters. The fourth-order valence-electron chi connectivity index (χ4n) is 3.10. The molecule has 2 saturated heterocycles. The number of carbonyl (C=O) groups is 1. The summed E-state index contributed by atoms with van der Waals surface area (Å²) in [5.41, 5.74) is 0. The van der Waals surface area contributed by atoms with Gasteiger partial charge in [-0.05, 0) is 18.2 Å². The van der Waals surface area contributed by atoms with Crippen molar-refractivity contribution in [3.05, 3.63) is 42.2 Å². The summed E-state index contributed by atoms with van der Waals surface area (Å²) in [7, 11) is 0. The average Bonchev–Trinajstić information content (AvgIpc) is 3.23. The molecule has 0 spiro atoms. The van der Waals surface area contributed by atoms with E-state index in [1.807, 2.05) is 6.07 Å². The van der Waals surface area contributed by atoms with Gasteiger partial charge in [-0.1, -0.05) is 0 Å². The van der Waals surface area contributed by atoms with Gasteiger partial charge in [0.05, 0.1) is 32.7 Å². The molecule has 2 fully saturated rings. The number of rotatable bonds is 3. The molecule has 2 aromatic rings. The molecule has 0 aromatic carbocycles. The second-order valence-corrected chi connectivity index (χ2v) is 5.94. The van der Waals surface area contributed by atoms with Crippen LogP contribution in [0.25, 0.3) is 0 Å². The van der Waals surface area contributed by atoms with Gasteiger partial charge in [0.15, 0.2) is 11.6 Å². The first-order valence-electron chi connectivity index (χ1n) is 8.41. The zero-order valence-electron chi connectivity index (χ0n) is 13.8. The molecule has 4 rings (SSSR count). The van der Waals surface area contributed by atoms with E-state index in [1.165, 1.54) is 6.26 Å².